The highest BCUT2D eigenvalue weighted by molar-refractivity contribution is 6.31. The first kappa shape index (κ1) is 19.4. The van der Waals surface area contributed by atoms with E-state index in [1.54, 1.807) is 24.7 Å². The maximum atomic E-state index is 12.7. The van der Waals surface area contributed by atoms with E-state index in [2.05, 4.69) is 10.4 Å². The quantitative estimate of drug-likeness (QED) is 0.751. The van der Waals surface area contributed by atoms with Gasteiger partial charge in [-0.3, -0.25) is 9.59 Å². The molecule has 27 heavy (non-hydrogen) atoms. The lowest BCUT2D eigenvalue weighted by molar-refractivity contribution is -0.147. The maximum absolute atomic E-state index is 12.7. The second-order valence-electron chi connectivity index (χ2n) is 7.76. The molecule has 7 heteroatoms. The summed E-state index contributed by atoms with van der Waals surface area (Å²) in [7, 11) is 0. The average molecular weight is 390 g/mol. The summed E-state index contributed by atoms with van der Waals surface area (Å²) >= 11 is 6.25. The molecule has 2 aromatic rings. The highest BCUT2D eigenvalue weighted by Gasteiger charge is 2.33. The zero-order valence-electron chi connectivity index (χ0n) is 15.8. The third kappa shape index (κ3) is 4.16. The van der Waals surface area contributed by atoms with Gasteiger partial charge >= 0.3 is 5.97 Å². The number of carboxylic acids is 1. The summed E-state index contributed by atoms with van der Waals surface area (Å²) in [6, 6.07) is 5.73. The molecule has 1 saturated carbocycles. The number of halogens is 1. The van der Waals surface area contributed by atoms with E-state index < -0.39 is 11.4 Å². The first-order valence-electron chi connectivity index (χ1n) is 9.07. The number of aliphatic carboxylic acids is 1. The van der Waals surface area contributed by atoms with E-state index in [1.165, 1.54) is 0 Å². The van der Waals surface area contributed by atoms with Crippen LogP contribution >= 0.6 is 11.6 Å². The molecule has 1 aliphatic carbocycles. The van der Waals surface area contributed by atoms with Crippen molar-refractivity contribution in [2.24, 2.45) is 5.41 Å². The van der Waals surface area contributed by atoms with Gasteiger partial charge in [0.1, 0.15) is 0 Å². The van der Waals surface area contributed by atoms with E-state index in [-0.39, 0.29) is 5.91 Å². The van der Waals surface area contributed by atoms with Crippen LogP contribution in [-0.2, 0) is 4.79 Å². The minimum Gasteiger partial charge on any atom is -0.481 e. The molecule has 0 aliphatic heterocycles. The summed E-state index contributed by atoms with van der Waals surface area (Å²) in [5.41, 5.74) is 2.38. The van der Waals surface area contributed by atoms with E-state index >= 15 is 0 Å². The Balaban J connectivity index is 1.80. The Morgan fingerprint density at radius 3 is 2.67 bits per heavy atom. The SMILES string of the molecule is Cc1ccc(-n2ncc(C(=O)NCCC(C)(C)C(=O)O)c2C2CC2)cc1Cl. The standard InChI is InChI=1S/C20H24ClN3O3/c1-12-4-7-14(10-16(12)21)24-17(13-5-6-13)15(11-23-24)18(25)22-9-8-20(2,3)19(26)27/h4,7,10-11,13H,5-6,8-9H2,1-3H3,(H,22,25)(H,26,27). The number of aromatic nitrogens is 2. The number of carbonyl (C=O) groups is 2. The Kier molecular flexibility index (Phi) is 5.29. The van der Waals surface area contributed by atoms with E-state index in [0.717, 1.165) is 29.8 Å². The lowest BCUT2D eigenvalue weighted by atomic mass is 9.90. The van der Waals surface area contributed by atoms with Gasteiger partial charge in [0.05, 0.1) is 28.6 Å². The number of nitrogens with zero attached hydrogens (tertiary/aromatic N) is 2. The van der Waals surface area contributed by atoms with Crippen molar-refractivity contribution >= 4 is 23.5 Å². The van der Waals surface area contributed by atoms with Gasteiger partial charge in [-0.05, 0) is 57.7 Å². The lowest BCUT2D eigenvalue weighted by Crippen LogP contribution is -2.32. The van der Waals surface area contributed by atoms with Gasteiger partial charge in [-0.2, -0.15) is 5.10 Å². The maximum Gasteiger partial charge on any atom is 0.309 e. The summed E-state index contributed by atoms with van der Waals surface area (Å²) in [5.74, 6) is -0.786. The molecule has 144 valence electrons. The smallest absolute Gasteiger partial charge is 0.309 e. The molecule has 0 saturated heterocycles. The fraction of sp³-hybridized carbons (Fsp3) is 0.450. The van der Waals surface area contributed by atoms with Crippen LogP contribution in [0, 0.1) is 12.3 Å². The Morgan fingerprint density at radius 2 is 2.07 bits per heavy atom. The van der Waals surface area contributed by atoms with Gasteiger partial charge in [-0.25, -0.2) is 4.68 Å². The van der Waals surface area contributed by atoms with Gasteiger partial charge < -0.3 is 10.4 Å². The van der Waals surface area contributed by atoms with Gasteiger partial charge in [0.2, 0.25) is 0 Å². The Bertz CT molecular complexity index is 885. The predicted octanol–water partition coefficient (Wildman–Crippen LogP) is 3.94. The Labute approximate surface area is 163 Å². The molecular weight excluding hydrogens is 366 g/mol. The Morgan fingerprint density at radius 1 is 1.37 bits per heavy atom. The molecular formula is C20H24ClN3O3. The van der Waals surface area contributed by atoms with Crippen molar-refractivity contribution in [2.45, 2.75) is 46.0 Å². The van der Waals surface area contributed by atoms with E-state index in [4.69, 9.17) is 11.6 Å². The van der Waals surface area contributed by atoms with Crippen LogP contribution in [0.4, 0.5) is 0 Å². The second-order valence-corrected chi connectivity index (χ2v) is 8.17. The molecule has 1 aliphatic rings. The zero-order chi connectivity index (χ0) is 19.8. The zero-order valence-corrected chi connectivity index (χ0v) is 16.5. The normalized spacial score (nSPS) is 14.2. The van der Waals surface area contributed by atoms with Crippen LogP contribution < -0.4 is 5.32 Å². The van der Waals surface area contributed by atoms with Crippen molar-refractivity contribution in [3.63, 3.8) is 0 Å². The molecule has 0 radical (unpaired) electrons. The molecule has 3 rings (SSSR count). The van der Waals surface area contributed by atoms with Crippen LogP contribution in [0.3, 0.4) is 0 Å². The van der Waals surface area contributed by atoms with Crippen molar-refractivity contribution in [2.75, 3.05) is 6.54 Å². The molecule has 1 aromatic carbocycles. The molecule has 0 bridgehead atoms. The number of amides is 1. The van der Waals surface area contributed by atoms with Crippen molar-refractivity contribution in [1.29, 1.82) is 0 Å². The lowest BCUT2D eigenvalue weighted by Gasteiger charge is -2.19. The van der Waals surface area contributed by atoms with Gasteiger partial charge in [0.25, 0.3) is 5.91 Å². The topological polar surface area (TPSA) is 84.2 Å². The van der Waals surface area contributed by atoms with Crippen LogP contribution in [-0.4, -0.2) is 33.3 Å². The van der Waals surface area contributed by atoms with Gasteiger partial charge in [-0.1, -0.05) is 17.7 Å². The molecule has 2 N–H and O–H groups in total. The fourth-order valence-electron chi connectivity index (χ4n) is 2.89. The minimum atomic E-state index is -0.880. The predicted molar refractivity (Wildman–Crippen MR) is 104 cm³/mol. The van der Waals surface area contributed by atoms with Crippen LogP contribution in [0.1, 0.15) is 60.6 Å². The van der Waals surface area contributed by atoms with Gasteiger partial charge in [-0.15, -0.1) is 0 Å². The van der Waals surface area contributed by atoms with Crippen LogP contribution in [0.25, 0.3) is 5.69 Å². The highest BCUT2D eigenvalue weighted by atomic mass is 35.5. The van der Waals surface area contributed by atoms with Crippen molar-refractivity contribution in [3.8, 4) is 5.69 Å². The molecule has 1 heterocycles. The first-order valence-corrected chi connectivity index (χ1v) is 9.44. The number of carboxylic acid groups (broad SMARTS) is 1. The second kappa shape index (κ2) is 7.35. The van der Waals surface area contributed by atoms with Crippen LogP contribution in [0.15, 0.2) is 24.4 Å². The molecule has 1 aromatic heterocycles. The molecule has 1 fully saturated rings. The Hall–Kier alpha value is -2.34. The number of aryl methyl sites for hydroxylation is 1. The molecule has 0 unspecified atom stereocenters. The molecule has 6 nitrogen and oxygen atoms in total. The third-order valence-electron chi connectivity index (χ3n) is 5.03. The molecule has 0 spiro atoms. The monoisotopic (exact) mass is 389 g/mol. The number of hydrogen-bond donors (Lipinski definition) is 2. The number of benzene rings is 1. The van der Waals surface area contributed by atoms with E-state index in [9.17, 15) is 14.7 Å². The summed E-state index contributed by atoms with van der Waals surface area (Å²) in [6.45, 7) is 5.53. The van der Waals surface area contributed by atoms with Crippen molar-refractivity contribution < 1.29 is 14.7 Å². The number of hydrogen-bond acceptors (Lipinski definition) is 3. The van der Waals surface area contributed by atoms with E-state index in [1.807, 2.05) is 25.1 Å². The van der Waals surface area contributed by atoms with Gasteiger partial charge in [0, 0.05) is 17.5 Å². The highest BCUT2D eigenvalue weighted by Crippen LogP contribution is 2.42. The summed E-state index contributed by atoms with van der Waals surface area (Å²) in [6.07, 6.45) is 3.99. The van der Waals surface area contributed by atoms with Crippen molar-refractivity contribution in [1.82, 2.24) is 15.1 Å². The van der Waals surface area contributed by atoms with E-state index in [0.29, 0.717) is 29.5 Å². The van der Waals surface area contributed by atoms with Crippen LogP contribution in [0.2, 0.25) is 5.02 Å². The average Bonchev–Trinajstić information content (AvgIpc) is 3.35. The number of carbonyl (C=O) groups excluding carboxylic acids is 1. The fourth-order valence-corrected chi connectivity index (χ4v) is 3.07. The molecule has 0 atom stereocenters. The molecule has 1 amide bonds. The van der Waals surface area contributed by atoms with Crippen molar-refractivity contribution in [3.05, 3.63) is 46.2 Å². The van der Waals surface area contributed by atoms with Gasteiger partial charge in [0.15, 0.2) is 0 Å². The number of rotatable bonds is 7. The van der Waals surface area contributed by atoms with Crippen LogP contribution in [0.5, 0.6) is 0 Å². The third-order valence-corrected chi connectivity index (χ3v) is 5.44. The number of nitrogens with one attached hydrogen (secondary N) is 1. The first-order chi connectivity index (χ1) is 12.7. The largest absolute Gasteiger partial charge is 0.481 e. The minimum absolute atomic E-state index is 0.220. The summed E-state index contributed by atoms with van der Waals surface area (Å²) in [4.78, 5) is 23.9. The summed E-state index contributed by atoms with van der Waals surface area (Å²) < 4.78 is 1.79. The summed E-state index contributed by atoms with van der Waals surface area (Å²) in [5, 5.41) is 17.1.